The largest absolute Gasteiger partial charge is 0.156 e. The Balaban J connectivity index is 2.31. The fourth-order valence-electron chi connectivity index (χ4n) is 3.49. The Morgan fingerprint density at radius 1 is 0.741 bits per heavy atom. The van der Waals surface area contributed by atoms with E-state index in [1.165, 1.54) is 37.4 Å². The van der Waals surface area contributed by atoms with Crippen LogP contribution in [0.4, 0.5) is 0 Å². The van der Waals surface area contributed by atoms with E-state index in [1.54, 1.807) is 0 Å². The number of benzene rings is 3. The quantitative estimate of drug-likeness (QED) is 0.446. The van der Waals surface area contributed by atoms with Crippen LogP contribution in [0.25, 0.3) is 0 Å². The van der Waals surface area contributed by atoms with Gasteiger partial charge in [-0.05, 0) is 37.2 Å². The molecule has 27 heavy (non-hydrogen) atoms. The monoisotopic (exact) mass is 407 g/mol. The Kier molecular flexibility index (Phi) is 5.80. The Bertz CT molecular complexity index is 970. The van der Waals surface area contributed by atoms with Gasteiger partial charge in [-0.3, -0.25) is 0 Å². The first-order valence-electron chi connectivity index (χ1n) is 9.49. The van der Waals surface area contributed by atoms with Gasteiger partial charge in [0.2, 0.25) is 0 Å². The fraction of sp³-hybridized carbons (Fsp3) is 0.250. The molecule has 0 heterocycles. The molecule has 3 rings (SSSR count). The Morgan fingerprint density at radius 3 is 2.11 bits per heavy atom. The molecule has 0 N–H and O–H groups in total. The number of rotatable bonds is 4. The third kappa shape index (κ3) is 4.45. The average Bonchev–Trinajstić information content (AvgIpc) is 2.58. The van der Waals surface area contributed by atoms with Gasteiger partial charge in [-0.1, -0.05) is 113 Å². The van der Waals surface area contributed by atoms with Gasteiger partial charge in [0, 0.05) is 5.02 Å². The first-order valence-corrected chi connectivity index (χ1v) is 14.9. The maximum atomic E-state index is 6.71. The zero-order valence-electron chi connectivity index (χ0n) is 17.2. The molecule has 3 aromatic rings. The van der Waals surface area contributed by atoms with Crippen LogP contribution in [0.15, 0.2) is 60.7 Å². The summed E-state index contributed by atoms with van der Waals surface area (Å²) in [5.41, 5.74) is 4.01. The van der Waals surface area contributed by atoms with Gasteiger partial charge in [0.1, 0.15) is 0 Å². The number of aryl methyl sites for hydroxylation is 3. The summed E-state index contributed by atoms with van der Waals surface area (Å²) in [6, 6.07) is 22.4. The third-order valence-corrected chi connectivity index (χ3v) is 10.5. The van der Waals surface area contributed by atoms with Crippen molar-refractivity contribution < 1.29 is 0 Å². The molecule has 0 unspecified atom stereocenters. The zero-order valence-corrected chi connectivity index (χ0v) is 19.9. The van der Waals surface area contributed by atoms with Crippen LogP contribution in [0, 0.1) is 20.8 Å². The van der Waals surface area contributed by atoms with Crippen LogP contribution in [0.1, 0.15) is 16.7 Å². The third-order valence-electron chi connectivity index (χ3n) is 5.04. The van der Waals surface area contributed by atoms with Crippen LogP contribution in [0.5, 0.6) is 0 Å². The molecule has 0 aliphatic rings. The maximum Gasteiger partial charge on any atom is 0.156 e. The predicted molar refractivity (Wildman–Crippen MR) is 126 cm³/mol. The molecule has 0 amide bonds. The van der Waals surface area contributed by atoms with Crippen molar-refractivity contribution in [1.82, 2.24) is 0 Å². The molecule has 139 valence electrons. The van der Waals surface area contributed by atoms with Crippen LogP contribution in [-0.4, -0.2) is 16.9 Å². The summed E-state index contributed by atoms with van der Waals surface area (Å²) in [6.45, 7) is 13.9. The molecule has 0 spiro atoms. The molecule has 3 aromatic carbocycles. The highest BCUT2D eigenvalue weighted by Crippen LogP contribution is 2.11. The minimum Gasteiger partial charge on any atom is -0.0845 e. The minimum absolute atomic E-state index is 0.878. The fourth-order valence-corrected chi connectivity index (χ4v) is 8.32. The van der Waals surface area contributed by atoms with E-state index in [0.29, 0.717) is 0 Å². The van der Waals surface area contributed by atoms with Crippen molar-refractivity contribution in [2.45, 2.75) is 40.4 Å². The molecule has 0 aliphatic heterocycles. The highest BCUT2D eigenvalue weighted by atomic mass is 35.5. The van der Waals surface area contributed by atoms with Crippen molar-refractivity contribution >= 4 is 49.2 Å². The molecule has 0 saturated carbocycles. The Labute approximate surface area is 171 Å². The normalized spacial score (nSPS) is 11.9. The van der Waals surface area contributed by atoms with Gasteiger partial charge in [0.25, 0.3) is 0 Å². The van der Waals surface area contributed by atoms with Gasteiger partial charge in [-0.15, -0.1) is 0 Å². The van der Waals surface area contributed by atoms with E-state index < -0.39 is 16.9 Å². The second-order valence-electron chi connectivity index (χ2n) is 8.51. The van der Waals surface area contributed by atoms with Gasteiger partial charge in [-0.2, -0.15) is 0 Å². The number of halogens is 1. The maximum absolute atomic E-state index is 6.71. The molecule has 3 heteroatoms. The first kappa shape index (κ1) is 20.1. The summed E-state index contributed by atoms with van der Waals surface area (Å²) in [7, 11) is -2.57. The molecule has 0 atom stereocenters. The van der Waals surface area contributed by atoms with Crippen molar-refractivity contribution in [3.8, 4) is 0 Å². The van der Waals surface area contributed by atoms with E-state index in [4.69, 9.17) is 11.6 Å². The zero-order chi connectivity index (χ0) is 19.8. The molecular weight excluding hydrogens is 380 g/mol. The van der Waals surface area contributed by atoms with E-state index in [0.717, 1.165) is 5.02 Å². The highest BCUT2D eigenvalue weighted by Gasteiger charge is 2.26. The molecule has 0 bridgehead atoms. The van der Waals surface area contributed by atoms with E-state index in [2.05, 4.69) is 88.9 Å². The Hall–Kier alpha value is -1.62. The van der Waals surface area contributed by atoms with Crippen LogP contribution >= 0.6 is 11.6 Å². The lowest BCUT2D eigenvalue weighted by Crippen LogP contribution is -2.55. The van der Waals surface area contributed by atoms with E-state index in [1.807, 2.05) is 12.1 Å². The van der Waals surface area contributed by atoms with Gasteiger partial charge >= 0.3 is 0 Å². The summed E-state index contributed by atoms with van der Waals surface area (Å²) >= 11 is 6.71. The summed E-state index contributed by atoms with van der Waals surface area (Å²) in [4.78, 5) is 0. The number of hydrogen-bond acceptors (Lipinski definition) is 0. The lowest BCUT2D eigenvalue weighted by Gasteiger charge is -2.24. The summed E-state index contributed by atoms with van der Waals surface area (Å²) < 4.78 is 0. The van der Waals surface area contributed by atoms with Gasteiger partial charge < -0.3 is 0 Å². The summed E-state index contributed by atoms with van der Waals surface area (Å²) in [6.07, 6.45) is 0. The van der Waals surface area contributed by atoms with Gasteiger partial charge in [0.15, 0.2) is 8.80 Å². The van der Waals surface area contributed by atoms with Crippen molar-refractivity contribution in [2.75, 3.05) is 0 Å². The molecule has 1 radical (unpaired) electrons. The van der Waals surface area contributed by atoms with Crippen LogP contribution in [-0.2, 0) is 0 Å². The van der Waals surface area contributed by atoms with E-state index >= 15 is 0 Å². The predicted octanol–water partition coefficient (Wildman–Crippen LogP) is 4.33. The van der Waals surface area contributed by atoms with E-state index in [9.17, 15) is 0 Å². The minimum atomic E-state index is -1.40. The molecule has 0 aromatic heterocycles. The average molecular weight is 408 g/mol. The van der Waals surface area contributed by atoms with Crippen molar-refractivity contribution in [3.05, 3.63) is 82.4 Å². The SMILES string of the molecule is Cc1cc([Si](c2cc(C)ccc2C)c2ccccc2Cl)cc([Si](C)(C)C)c1. The standard InChI is InChI=1S/C24H28ClSi2/c1-17-11-12-19(3)24(15-17)26(23-10-8-7-9-22(23)25)20-13-18(2)14-21(16-20)27(4,5)6/h7-16H,1-6H3. The topological polar surface area (TPSA) is 0 Å². The van der Waals surface area contributed by atoms with Gasteiger partial charge in [-0.25, -0.2) is 0 Å². The number of hydrogen-bond donors (Lipinski definition) is 0. The molecule has 0 aliphatic carbocycles. The van der Waals surface area contributed by atoms with Gasteiger partial charge in [0.05, 0.1) is 8.07 Å². The lowest BCUT2D eigenvalue weighted by atomic mass is 10.2. The first-order chi connectivity index (χ1) is 12.7. The Morgan fingerprint density at radius 2 is 1.44 bits per heavy atom. The second kappa shape index (κ2) is 7.79. The summed E-state index contributed by atoms with van der Waals surface area (Å²) in [5, 5.41) is 6.57. The summed E-state index contributed by atoms with van der Waals surface area (Å²) in [5.74, 6) is 0. The molecule has 0 saturated heterocycles. The van der Waals surface area contributed by atoms with E-state index in [-0.39, 0.29) is 0 Å². The second-order valence-corrected chi connectivity index (χ2v) is 16.4. The van der Waals surface area contributed by atoms with Crippen LogP contribution in [0.3, 0.4) is 0 Å². The molecular formula is C24H28ClSi2. The van der Waals surface area contributed by atoms with Crippen LogP contribution < -0.4 is 20.7 Å². The van der Waals surface area contributed by atoms with Crippen molar-refractivity contribution in [2.24, 2.45) is 0 Å². The van der Waals surface area contributed by atoms with Crippen molar-refractivity contribution in [1.29, 1.82) is 0 Å². The lowest BCUT2D eigenvalue weighted by molar-refractivity contribution is 1.42. The highest BCUT2D eigenvalue weighted by molar-refractivity contribution is 6.97. The molecule has 0 nitrogen and oxygen atoms in total. The molecule has 0 fully saturated rings. The smallest absolute Gasteiger partial charge is 0.0845 e. The van der Waals surface area contributed by atoms with Crippen molar-refractivity contribution in [3.63, 3.8) is 0 Å². The van der Waals surface area contributed by atoms with Crippen LogP contribution in [0.2, 0.25) is 24.7 Å².